The van der Waals surface area contributed by atoms with Crippen molar-refractivity contribution in [2.75, 3.05) is 6.61 Å². The van der Waals surface area contributed by atoms with Crippen LogP contribution >= 0.6 is 0 Å². The monoisotopic (exact) mass is 574 g/mol. The zero-order chi connectivity index (χ0) is 28.9. The van der Waals surface area contributed by atoms with Crippen molar-refractivity contribution in [2.24, 2.45) is 17.8 Å². The van der Waals surface area contributed by atoms with E-state index in [1.165, 1.54) is 25.7 Å². The molecular formula is C30H33F7O3. The average molecular weight is 575 g/mol. The average Bonchev–Trinajstić information content (AvgIpc) is 2.90. The first-order valence-corrected chi connectivity index (χ1v) is 13.7. The van der Waals surface area contributed by atoms with Crippen LogP contribution in [0.1, 0.15) is 75.5 Å². The minimum absolute atomic E-state index is 0.129. The molecule has 0 amide bonds. The molecular weight excluding hydrogens is 541 g/mol. The number of allylic oxidation sites excluding steroid dienone is 1. The summed E-state index contributed by atoms with van der Waals surface area (Å²) in [6.45, 7) is 2.66. The third-order valence-corrected chi connectivity index (χ3v) is 7.86. The molecule has 1 heterocycles. The predicted molar refractivity (Wildman–Crippen MR) is 135 cm³/mol. The van der Waals surface area contributed by atoms with Crippen molar-refractivity contribution in [1.29, 1.82) is 0 Å². The van der Waals surface area contributed by atoms with Crippen LogP contribution in [-0.2, 0) is 10.8 Å². The first-order valence-electron chi connectivity index (χ1n) is 13.7. The molecule has 220 valence electrons. The van der Waals surface area contributed by atoms with E-state index in [9.17, 15) is 30.7 Å². The Morgan fingerprint density at radius 1 is 0.925 bits per heavy atom. The van der Waals surface area contributed by atoms with E-state index in [1.807, 2.05) is 0 Å². The molecule has 2 aliphatic rings. The second-order valence-corrected chi connectivity index (χ2v) is 10.6. The molecule has 0 spiro atoms. The summed E-state index contributed by atoms with van der Waals surface area (Å²) in [4.78, 5) is 0. The fourth-order valence-electron chi connectivity index (χ4n) is 5.83. The van der Waals surface area contributed by atoms with Gasteiger partial charge in [-0.3, -0.25) is 0 Å². The van der Waals surface area contributed by atoms with E-state index in [0.717, 1.165) is 49.4 Å². The Morgan fingerprint density at radius 3 is 2.17 bits per heavy atom. The highest BCUT2D eigenvalue weighted by molar-refractivity contribution is 5.35. The Hall–Kier alpha value is -2.75. The minimum Gasteiger partial charge on any atom is -0.462 e. The van der Waals surface area contributed by atoms with E-state index in [1.54, 1.807) is 0 Å². The van der Waals surface area contributed by atoms with Gasteiger partial charge in [0, 0.05) is 12.1 Å². The molecule has 1 saturated heterocycles. The van der Waals surface area contributed by atoms with Gasteiger partial charge in [-0.2, -0.15) is 8.78 Å². The molecule has 0 N–H and O–H groups in total. The number of rotatable bonds is 10. The molecule has 0 aromatic heterocycles. The molecule has 1 saturated carbocycles. The highest BCUT2D eigenvalue weighted by Gasteiger charge is 2.42. The Balaban J connectivity index is 1.38. The van der Waals surface area contributed by atoms with Gasteiger partial charge in [0.15, 0.2) is 11.6 Å². The zero-order valence-electron chi connectivity index (χ0n) is 22.2. The van der Waals surface area contributed by atoms with E-state index in [0.29, 0.717) is 43.3 Å². The van der Waals surface area contributed by atoms with Gasteiger partial charge in [0.1, 0.15) is 22.9 Å². The fourth-order valence-corrected chi connectivity index (χ4v) is 5.83. The van der Waals surface area contributed by atoms with Crippen molar-refractivity contribution in [1.82, 2.24) is 0 Å². The Bertz CT molecular complexity index is 1130. The van der Waals surface area contributed by atoms with Gasteiger partial charge in [-0.05, 0) is 73.3 Å². The standard InChI is InChI=1S/C30H33F7O3/c1-2-3-18-4-6-19(7-5-18)20-8-10-26(39-17-20)21-14-24(32)29(25(33)15-21)30(36,37)40-22-9-11-27(23(31)16-22)38-13-12-28(34)35/h9,11-16,18-20,26,28H,2-8,10,17H2,1H3. The quantitative estimate of drug-likeness (QED) is 0.209. The second kappa shape index (κ2) is 13.3. The van der Waals surface area contributed by atoms with Gasteiger partial charge in [0.2, 0.25) is 0 Å². The van der Waals surface area contributed by atoms with Gasteiger partial charge in [-0.15, -0.1) is 0 Å². The third-order valence-electron chi connectivity index (χ3n) is 7.86. The largest absolute Gasteiger partial charge is 0.462 e. The van der Waals surface area contributed by atoms with Crippen molar-refractivity contribution in [3.05, 3.63) is 71.2 Å². The minimum atomic E-state index is -4.48. The molecule has 2 fully saturated rings. The molecule has 0 radical (unpaired) electrons. The van der Waals surface area contributed by atoms with Crippen LogP contribution < -0.4 is 9.47 Å². The normalized spacial score (nSPS) is 24.0. The summed E-state index contributed by atoms with van der Waals surface area (Å²) in [6.07, 6.45) is 1.54. The van der Waals surface area contributed by atoms with Gasteiger partial charge in [0.05, 0.1) is 19.0 Å². The predicted octanol–water partition coefficient (Wildman–Crippen LogP) is 9.46. The van der Waals surface area contributed by atoms with Gasteiger partial charge in [0.25, 0.3) is 6.43 Å². The lowest BCUT2D eigenvalue weighted by Gasteiger charge is -2.38. The maximum Gasteiger partial charge on any atom is 0.432 e. The van der Waals surface area contributed by atoms with Crippen LogP contribution in [0, 0.1) is 35.2 Å². The fraction of sp³-hybridized carbons (Fsp3) is 0.533. The van der Waals surface area contributed by atoms with E-state index < -0.39 is 53.2 Å². The molecule has 10 heteroatoms. The van der Waals surface area contributed by atoms with Crippen molar-refractivity contribution in [3.8, 4) is 11.5 Å². The van der Waals surface area contributed by atoms with Crippen molar-refractivity contribution >= 4 is 0 Å². The molecule has 2 atom stereocenters. The lowest BCUT2D eigenvalue weighted by atomic mass is 9.73. The molecule has 2 aromatic carbocycles. The maximum atomic E-state index is 14.9. The van der Waals surface area contributed by atoms with Gasteiger partial charge in [-0.1, -0.05) is 32.6 Å². The Morgan fingerprint density at radius 2 is 1.60 bits per heavy atom. The van der Waals surface area contributed by atoms with Crippen LogP contribution in [0.15, 0.2) is 42.7 Å². The summed E-state index contributed by atoms with van der Waals surface area (Å²) < 4.78 is 113. The van der Waals surface area contributed by atoms with E-state index in [-0.39, 0.29) is 5.56 Å². The van der Waals surface area contributed by atoms with Crippen LogP contribution in [0.25, 0.3) is 0 Å². The molecule has 2 unspecified atom stereocenters. The number of ether oxygens (including phenoxy) is 3. The Kier molecular flexibility index (Phi) is 10.0. The third kappa shape index (κ3) is 7.50. The topological polar surface area (TPSA) is 27.7 Å². The SMILES string of the molecule is CCCC1CCC(C2CCC(c3cc(F)c(C(F)(F)Oc4ccc(OC=CC(F)F)c(F)c4)c(F)c3)OC2)CC1. The van der Waals surface area contributed by atoms with Crippen LogP contribution in [0.3, 0.4) is 0 Å². The van der Waals surface area contributed by atoms with Gasteiger partial charge >= 0.3 is 6.11 Å². The van der Waals surface area contributed by atoms with Gasteiger partial charge in [-0.25, -0.2) is 22.0 Å². The summed E-state index contributed by atoms with van der Waals surface area (Å²) in [6, 6.07) is 3.85. The summed E-state index contributed by atoms with van der Waals surface area (Å²) >= 11 is 0. The number of hydrogen-bond donors (Lipinski definition) is 0. The Labute approximate surface area is 229 Å². The highest BCUT2D eigenvalue weighted by atomic mass is 19.3. The lowest BCUT2D eigenvalue weighted by Crippen LogP contribution is -2.30. The lowest BCUT2D eigenvalue weighted by molar-refractivity contribution is -0.189. The molecule has 1 aliphatic carbocycles. The van der Waals surface area contributed by atoms with Crippen LogP contribution in [-0.4, -0.2) is 13.0 Å². The summed E-state index contributed by atoms with van der Waals surface area (Å²) in [5.41, 5.74) is -1.49. The van der Waals surface area contributed by atoms with E-state index >= 15 is 0 Å². The number of alkyl halides is 4. The highest BCUT2D eigenvalue weighted by Crippen LogP contribution is 2.43. The molecule has 1 aliphatic heterocycles. The molecule has 2 aromatic rings. The van der Waals surface area contributed by atoms with Crippen molar-refractivity contribution in [3.63, 3.8) is 0 Å². The zero-order valence-corrected chi connectivity index (χ0v) is 22.2. The second-order valence-electron chi connectivity index (χ2n) is 10.6. The first kappa shape index (κ1) is 30.2. The molecule has 40 heavy (non-hydrogen) atoms. The summed E-state index contributed by atoms with van der Waals surface area (Å²) in [7, 11) is 0. The van der Waals surface area contributed by atoms with E-state index in [4.69, 9.17) is 4.74 Å². The van der Waals surface area contributed by atoms with Gasteiger partial charge < -0.3 is 14.2 Å². The van der Waals surface area contributed by atoms with Crippen LogP contribution in [0.4, 0.5) is 30.7 Å². The summed E-state index contributed by atoms with van der Waals surface area (Å²) in [5.74, 6) is -3.78. The number of benzene rings is 2. The molecule has 4 rings (SSSR count). The molecule has 0 bridgehead atoms. The smallest absolute Gasteiger partial charge is 0.432 e. The maximum absolute atomic E-state index is 14.9. The van der Waals surface area contributed by atoms with Crippen LogP contribution in [0.5, 0.6) is 11.5 Å². The number of hydrogen-bond acceptors (Lipinski definition) is 3. The molecule has 3 nitrogen and oxygen atoms in total. The van der Waals surface area contributed by atoms with Crippen LogP contribution in [0.2, 0.25) is 0 Å². The first-order chi connectivity index (χ1) is 19.1. The van der Waals surface area contributed by atoms with E-state index in [2.05, 4.69) is 16.4 Å². The summed E-state index contributed by atoms with van der Waals surface area (Å²) in [5, 5.41) is 0. The van der Waals surface area contributed by atoms with Crippen molar-refractivity contribution < 1.29 is 44.9 Å². The number of halogens is 7. The van der Waals surface area contributed by atoms with Crippen molar-refractivity contribution in [2.45, 2.75) is 76.9 Å².